The minimum absolute atomic E-state index is 0.00856. The number of fused-ring (bicyclic) bond motifs is 1. The average molecular weight is 662 g/mol. The summed E-state index contributed by atoms with van der Waals surface area (Å²) in [4.78, 5) is 11.5. The molecule has 3 aromatic carbocycles. The Bertz CT molecular complexity index is 1710. The average Bonchev–Trinajstić information content (AvgIpc) is 3.24. The molecule has 4 atom stereocenters. The van der Waals surface area contributed by atoms with Gasteiger partial charge in [-0.2, -0.15) is 22.0 Å². The van der Waals surface area contributed by atoms with Crippen molar-refractivity contribution < 1.29 is 64.3 Å². The second kappa shape index (κ2) is 11.7. The maximum absolute atomic E-state index is 14.3. The van der Waals surface area contributed by atoms with Crippen molar-refractivity contribution in [1.82, 2.24) is 0 Å². The number of rotatable bonds is 8. The molecule has 16 heteroatoms. The van der Waals surface area contributed by atoms with Gasteiger partial charge in [0.25, 0.3) is 10.0 Å². The van der Waals surface area contributed by atoms with Crippen LogP contribution in [0.15, 0.2) is 65.6 Å². The fourth-order valence-electron chi connectivity index (χ4n) is 5.71. The van der Waals surface area contributed by atoms with Crippen molar-refractivity contribution in [2.45, 2.75) is 55.3 Å². The van der Waals surface area contributed by atoms with Crippen molar-refractivity contribution >= 4 is 21.7 Å². The number of alkyl halides is 5. The molecule has 3 aromatic rings. The number of sulfonamides is 1. The van der Waals surface area contributed by atoms with E-state index in [9.17, 15) is 54.9 Å². The zero-order chi connectivity index (χ0) is 32.9. The molecule has 0 spiro atoms. The summed E-state index contributed by atoms with van der Waals surface area (Å²) in [6.45, 7) is -3.86. The first-order valence-electron chi connectivity index (χ1n) is 13.3. The van der Waals surface area contributed by atoms with E-state index >= 15 is 0 Å². The van der Waals surface area contributed by atoms with Gasteiger partial charge in [-0.1, -0.05) is 12.1 Å². The molecule has 1 unspecified atom stereocenters. The second-order valence-electron chi connectivity index (χ2n) is 10.9. The highest BCUT2D eigenvalue weighted by molar-refractivity contribution is 7.92. The summed E-state index contributed by atoms with van der Waals surface area (Å²) in [5, 5.41) is 30.2. The molecule has 0 saturated heterocycles. The highest BCUT2D eigenvalue weighted by Gasteiger charge is 2.52. The van der Waals surface area contributed by atoms with Gasteiger partial charge in [-0.15, -0.1) is 0 Å². The van der Waals surface area contributed by atoms with E-state index in [2.05, 4.69) is 4.74 Å². The van der Waals surface area contributed by atoms with Gasteiger partial charge in [-0.3, -0.25) is 9.10 Å². The molecule has 0 radical (unpaired) electrons. The van der Waals surface area contributed by atoms with Gasteiger partial charge in [0, 0.05) is 12.5 Å². The normalized spacial score (nSPS) is 23.5. The number of carbonyl (C=O) groups is 1. The van der Waals surface area contributed by atoms with Crippen LogP contribution in [0, 0.1) is 11.2 Å². The Morgan fingerprint density at radius 3 is 2.33 bits per heavy atom. The molecule has 0 amide bonds. The lowest BCUT2D eigenvalue weighted by Gasteiger charge is -2.38. The largest absolute Gasteiger partial charge is 0.486 e. The van der Waals surface area contributed by atoms with Crippen LogP contribution in [0.25, 0.3) is 11.1 Å². The number of hydrogen-bond donors (Lipinski definition) is 3. The molecular weight excluding hydrogens is 636 g/mol. The number of hydrogen-bond acceptors (Lipinski definition) is 7. The number of carboxylic acid groups (broad SMARTS) is 1. The first-order chi connectivity index (χ1) is 21.0. The van der Waals surface area contributed by atoms with Crippen molar-refractivity contribution in [2.75, 3.05) is 10.8 Å². The van der Waals surface area contributed by atoms with Crippen molar-refractivity contribution in [3.63, 3.8) is 0 Å². The highest BCUT2D eigenvalue weighted by atomic mass is 32.2. The molecule has 1 saturated carbocycles. The first-order valence-corrected chi connectivity index (χ1v) is 14.8. The van der Waals surface area contributed by atoms with Gasteiger partial charge in [-0.25, -0.2) is 12.8 Å². The lowest BCUT2D eigenvalue weighted by molar-refractivity contribution is -0.151. The third-order valence-electron chi connectivity index (χ3n) is 7.79. The smallest absolute Gasteiger partial charge is 0.416 e. The molecule has 1 heterocycles. The molecule has 1 aliphatic carbocycles. The van der Waals surface area contributed by atoms with Crippen LogP contribution in [0.4, 0.5) is 32.0 Å². The zero-order valence-corrected chi connectivity index (χ0v) is 23.7. The molecule has 0 aromatic heterocycles. The summed E-state index contributed by atoms with van der Waals surface area (Å²) < 4.78 is 119. The van der Waals surface area contributed by atoms with Crippen molar-refractivity contribution in [3.05, 3.63) is 72.0 Å². The van der Waals surface area contributed by atoms with Gasteiger partial charge >= 0.3 is 18.8 Å². The quantitative estimate of drug-likeness (QED) is 0.286. The Morgan fingerprint density at radius 1 is 1.02 bits per heavy atom. The summed E-state index contributed by atoms with van der Waals surface area (Å²) in [7, 11) is -4.81. The van der Waals surface area contributed by atoms with E-state index in [-0.39, 0.29) is 41.8 Å². The molecule has 3 N–H and O–H groups in total. The lowest BCUT2D eigenvalue weighted by Crippen LogP contribution is -2.47. The van der Waals surface area contributed by atoms with Gasteiger partial charge in [0.05, 0.1) is 40.3 Å². The number of carboxylic acids is 1. The Labute approximate surface area is 252 Å². The van der Waals surface area contributed by atoms with Crippen LogP contribution in [0.3, 0.4) is 0 Å². The number of aliphatic carboxylic acids is 1. The maximum Gasteiger partial charge on any atom is 0.416 e. The number of halogens is 6. The minimum atomic E-state index is -4.88. The fraction of sp³-hybridized carbons (Fsp3) is 0.345. The summed E-state index contributed by atoms with van der Waals surface area (Å²) in [5.74, 6) is -2.98. The number of ether oxygens (including phenoxy) is 2. The van der Waals surface area contributed by atoms with Gasteiger partial charge in [0.1, 0.15) is 23.4 Å². The SMILES string of the molecule is O=C(O)[C@@]1(CC2CN(S(=O)(=O)c3cccc(C(F)(F)F)c3)c3cc(-c4cc(F)cc(OC(F)F)c4)ccc3O2)C[C@@H](O)[C@@H](O)C1. The lowest BCUT2D eigenvalue weighted by atomic mass is 9.80. The van der Waals surface area contributed by atoms with Crippen LogP contribution in [0.1, 0.15) is 24.8 Å². The fourth-order valence-corrected chi connectivity index (χ4v) is 7.25. The zero-order valence-electron chi connectivity index (χ0n) is 22.9. The van der Waals surface area contributed by atoms with Crippen LogP contribution >= 0.6 is 0 Å². The van der Waals surface area contributed by atoms with Crippen LogP contribution in [0.2, 0.25) is 0 Å². The minimum Gasteiger partial charge on any atom is -0.486 e. The van der Waals surface area contributed by atoms with E-state index in [4.69, 9.17) is 4.74 Å². The Morgan fingerprint density at radius 2 is 1.71 bits per heavy atom. The van der Waals surface area contributed by atoms with Crippen molar-refractivity contribution in [3.8, 4) is 22.6 Å². The van der Waals surface area contributed by atoms with E-state index in [1.165, 1.54) is 18.2 Å². The van der Waals surface area contributed by atoms with Crippen LogP contribution < -0.4 is 13.8 Å². The molecule has 242 valence electrons. The van der Waals surface area contributed by atoms with Crippen LogP contribution in [-0.2, 0) is 21.0 Å². The third kappa shape index (κ3) is 6.53. The first kappa shape index (κ1) is 32.4. The van der Waals surface area contributed by atoms with Crippen molar-refractivity contribution in [1.29, 1.82) is 0 Å². The summed E-state index contributed by atoms with van der Waals surface area (Å²) in [5.41, 5.74) is -3.08. The number of nitrogens with zero attached hydrogens (tertiary/aromatic N) is 1. The predicted octanol–water partition coefficient (Wildman–Crippen LogP) is 5.05. The Hall–Kier alpha value is -4.02. The molecule has 2 aliphatic rings. The molecule has 5 rings (SSSR count). The predicted molar refractivity (Wildman–Crippen MR) is 145 cm³/mol. The van der Waals surface area contributed by atoms with Crippen LogP contribution in [-0.4, -0.2) is 61.2 Å². The van der Waals surface area contributed by atoms with E-state index in [0.29, 0.717) is 18.2 Å². The monoisotopic (exact) mass is 661 g/mol. The molecule has 9 nitrogen and oxygen atoms in total. The molecule has 0 bridgehead atoms. The summed E-state index contributed by atoms with van der Waals surface area (Å²) in [6, 6.07) is 9.52. The molecule has 1 fully saturated rings. The van der Waals surface area contributed by atoms with Gasteiger partial charge < -0.3 is 24.8 Å². The standard InChI is InChI=1S/C29H25F6NO8S/c30-18-6-16(7-19(10-18)44-27(31)32)15-4-5-25-22(8-15)36(45(41,42)21-3-1-2-17(9-21)29(33,34)35)14-20(43-25)11-28(26(39)40)12-23(37)24(38)13-28/h1-10,20,23-24,27,37-38H,11-14H2,(H,39,40)/t20?,23-,24+,28+. The van der Waals surface area contributed by atoms with E-state index < -0.39 is 81.1 Å². The molecule has 1 aliphatic heterocycles. The number of aliphatic hydroxyl groups excluding tert-OH is 2. The second-order valence-corrected chi connectivity index (χ2v) is 12.7. The molecule has 45 heavy (non-hydrogen) atoms. The third-order valence-corrected chi connectivity index (χ3v) is 9.56. The van der Waals surface area contributed by atoms with Gasteiger partial charge in [0.15, 0.2) is 0 Å². The van der Waals surface area contributed by atoms with Crippen LogP contribution in [0.5, 0.6) is 11.5 Å². The molecular formula is C29H25F6NO8S. The van der Waals surface area contributed by atoms with Gasteiger partial charge in [0.2, 0.25) is 0 Å². The van der Waals surface area contributed by atoms with E-state index in [0.717, 1.165) is 28.6 Å². The number of aliphatic hydroxyl groups is 2. The topological polar surface area (TPSA) is 134 Å². The summed E-state index contributed by atoms with van der Waals surface area (Å²) >= 11 is 0. The Balaban J connectivity index is 1.60. The maximum atomic E-state index is 14.3. The van der Waals surface area contributed by atoms with Gasteiger partial charge in [-0.05, 0) is 66.4 Å². The number of anilines is 1. The van der Waals surface area contributed by atoms with E-state index in [1.54, 1.807) is 0 Å². The van der Waals surface area contributed by atoms with E-state index in [1.807, 2.05) is 0 Å². The number of benzene rings is 3. The van der Waals surface area contributed by atoms with Crippen molar-refractivity contribution in [2.24, 2.45) is 5.41 Å². The summed E-state index contributed by atoms with van der Waals surface area (Å²) in [6.07, 6.45) is -9.93. The Kier molecular flexibility index (Phi) is 8.44. The highest BCUT2D eigenvalue weighted by Crippen LogP contribution is 2.47.